The average molecular weight is 362 g/mol. The summed E-state index contributed by atoms with van der Waals surface area (Å²) in [5.74, 6) is -0.205. The smallest absolute Gasteiger partial charge is 0.294 e. The first-order valence-electron chi connectivity index (χ1n) is 9.25. The number of nitrogens with zero attached hydrogens (tertiary/aromatic N) is 3. The topological polar surface area (TPSA) is 66.7 Å². The van der Waals surface area contributed by atoms with E-state index in [-0.39, 0.29) is 23.7 Å². The third-order valence-electron chi connectivity index (χ3n) is 4.74. The van der Waals surface area contributed by atoms with Crippen LogP contribution in [0.3, 0.4) is 0 Å². The second-order valence-corrected chi connectivity index (χ2v) is 6.88. The maximum atomic E-state index is 13.3. The maximum Gasteiger partial charge on any atom is 0.294 e. The molecule has 0 bridgehead atoms. The molecule has 138 valence electrons. The van der Waals surface area contributed by atoms with Crippen LogP contribution < -0.4 is 10.2 Å². The largest absolute Gasteiger partial charge is 0.348 e. The second kappa shape index (κ2) is 6.87. The zero-order valence-electron chi connectivity index (χ0n) is 15.5. The monoisotopic (exact) mass is 362 g/mol. The zero-order valence-corrected chi connectivity index (χ0v) is 15.5. The number of benzene rings is 1. The zero-order chi connectivity index (χ0) is 19.0. The third-order valence-corrected chi connectivity index (χ3v) is 4.74. The van der Waals surface area contributed by atoms with Gasteiger partial charge in [0.05, 0.1) is 5.52 Å². The molecule has 0 aliphatic heterocycles. The first-order valence-corrected chi connectivity index (χ1v) is 9.25. The lowest BCUT2D eigenvalue weighted by Gasteiger charge is -2.20. The van der Waals surface area contributed by atoms with E-state index in [4.69, 9.17) is 0 Å². The van der Waals surface area contributed by atoms with E-state index in [2.05, 4.69) is 10.3 Å². The molecule has 1 aromatic carbocycles. The molecule has 6 heteroatoms. The summed E-state index contributed by atoms with van der Waals surface area (Å²) in [6.45, 7) is 4.43. The molecule has 1 fully saturated rings. The number of aryl methyl sites for hydroxylation is 1. The number of fused-ring (bicyclic) bond motifs is 1. The molecule has 0 saturated heterocycles. The van der Waals surface area contributed by atoms with Crippen LogP contribution in [0.5, 0.6) is 0 Å². The average Bonchev–Trinajstić information content (AvgIpc) is 3.39. The second-order valence-electron chi connectivity index (χ2n) is 6.88. The minimum Gasteiger partial charge on any atom is -0.348 e. The summed E-state index contributed by atoms with van der Waals surface area (Å²) in [6, 6.07) is 13.5. The van der Waals surface area contributed by atoms with Crippen molar-refractivity contribution in [2.45, 2.75) is 32.7 Å². The summed E-state index contributed by atoms with van der Waals surface area (Å²) in [5, 5.41) is 2.96. The molecular weight excluding hydrogens is 340 g/mol. The molecule has 0 radical (unpaired) electrons. The minimum atomic E-state index is -0.227. The lowest BCUT2D eigenvalue weighted by molar-refractivity contribution is 0.0948. The van der Waals surface area contributed by atoms with Gasteiger partial charge in [-0.1, -0.05) is 18.2 Å². The van der Waals surface area contributed by atoms with E-state index in [1.165, 1.54) is 0 Å². The molecule has 0 spiro atoms. The van der Waals surface area contributed by atoms with Gasteiger partial charge in [0.15, 0.2) is 5.69 Å². The summed E-state index contributed by atoms with van der Waals surface area (Å²) in [5.41, 5.74) is 2.83. The highest BCUT2D eigenvalue weighted by Gasteiger charge is 2.29. The molecule has 0 atom stereocenters. The van der Waals surface area contributed by atoms with Crippen molar-refractivity contribution in [3.05, 3.63) is 65.7 Å². The number of pyridine rings is 1. The van der Waals surface area contributed by atoms with Gasteiger partial charge >= 0.3 is 0 Å². The first kappa shape index (κ1) is 17.3. The Hall–Kier alpha value is -3.15. The Morgan fingerprint density at radius 1 is 1.22 bits per heavy atom. The van der Waals surface area contributed by atoms with E-state index in [1.807, 2.05) is 56.3 Å². The van der Waals surface area contributed by atoms with Gasteiger partial charge in [0.1, 0.15) is 0 Å². The van der Waals surface area contributed by atoms with Gasteiger partial charge in [0.2, 0.25) is 5.82 Å². The van der Waals surface area contributed by atoms with Crippen LogP contribution in [0.2, 0.25) is 0 Å². The van der Waals surface area contributed by atoms with Crippen molar-refractivity contribution in [3.63, 3.8) is 0 Å². The van der Waals surface area contributed by atoms with Gasteiger partial charge < -0.3 is 10.2 Å². The fraction of sp³-hybridized carbons (Fsp3) is 0.286. The fourth-order valence-electron chi connectivity index (χ4n) is 3.20. The van der Waals surface area contributed by atoms with Crippen molar-refractivity contribution < 1.29 is 9.59 Å². The summed E-state index contributed by atoms with van der Waals surface area (Å²) >= 11 is 0. The highest BCUT2D eigenvalue weighted by molar-refractivity contribution is 6.07. The van der Waals surface area contributed by atoms with Crippen LogP contribution in [0.4, 0.5) is 5.69 Å². The molecular formula is C21H22N4O2. The summed E-state index contributed by atoms with van der Waals surface area (Å²) in [7, 11) is 0. The maximum absolute atomic E-state index is 13.3. The Morgan fingerprint density at radius 2 is 2.04 bits per heavy atom. The van der Waals surface area contributed by atoms with Crippen molar-refractivity contribution in [2.24, 2.45) is 0 Å². The minimum absolute atomic E-state index is 0.223. The molecule has 2 amide bonds. The summed E-state index contributed by atoms with van der Waals surface area (Å²) in [6.07, 6.45) is 3.77. The van der Waals surface area contributed by atoms with Crippen molar-refractivity contribution in [2.75, 3.05) is 11.4 Å². The van der Waals surface area contributed by atoms with Crippen LogP contribution in [-0.4, -0.2) is 33.8 Å². The van der Waals surface area contributed by atoms with E-state index in [0.29, 0.717) is 17.8 Å². The van der Waals surface area contributed by atoms with E-state index in [9.17, 15) is 9.59 Å². The van der Waals surface area contributed by atoms with Crippen LogP contribution in [0, 0.1) is 6.92 Å². The van der Waals surface area contributed by atoms with Crippen molar-refractivity contribution in [1.29, 1.82) is 0 Å². The predicted octanol–water partition coefficient (Wildman–Crippen LogP) is 3.20. The van der Waals surface area contributed by atoms with Gasteiger partial charge in [-0.2, -0.15) is 0 Å². The SMILES string of the molecule is CCN(C(=O)c1nc(C(=O)NC2CC2)c2ccccn12)c1cccc(C)c1. The molecule has 2 heterocycles. The van der Waals surface area contributed by atoms with Gasteiger partial charge in [0, 0.05) is 24.5 Å². The molecule has 6 nitrogen and oxygen atoms in total. The number of aromatic nitrogens is 2. The number of rotatable bonds is 5. The van der Waals surface area contributed by atoms with Crippen LogP contribution in [0.25, 0.3) is 5.52 Å². The van der Waals surface area contributed by atoms with Crippen molar-refractivity contribution in [1.82, 2.24) is 14.7 Å². The number of nitrogens with one attached hydrogen (secondary N) is 1. The van der Waals surface area contributed by atoms with Crippen LogP contribution in [0.15, 0.2) is 48.7 Å². The lowest BCUT2D eigenvalue weighted by Crippen LogP contribution is -2.32. The number of hydrogen-bond donors (Lipinski definition) is 1. The van der Waals surface area contributed by atoms with E-state index >= 15 is 0 Å². The number of anilines is 1. The third kappa shape index (κ3) is 3.30. The first-order chi connectivity index (χ1) is 13.1. The molecule has 0 unspecified atom stereocenters. The van der Waals surface area contributed by atoms with E-state index < -0.39 is 0 Å². The molecule has 2 aromatic heterocycles. The standard InChI is InChI=1S/C21H22N4O2/c1-3-24(16-8-6-7-14(2)13-16)21(27)19-23-18(20(26)22-15-10-11-15)17-9-4-5-12-25(17)19/h4-9,12-13,15H,3,10-11H2,1-2H3,(H,22,26). The van der Waals surface area contributed by atoms with E-state index in [0.717, 1.165) is 24.1 Å². The number of imidazole rings is 1. The van der Waals surface area contributed by atoms with Crippen molar-refractivity contribution in [3.8, 4) is 0 Å². The van der Waals surface area contributed by atoms with Gasteiger partial charge in [0.25, 0.3) is 11.8 Å². The summed E-state index contributed by atoms with van der Waals surface area (Å²) in [4.78, 5) is 32.0. The number of hydrogen-bond acceptors (Lipinski definition) is 3. The Morgan fingerprint density at radius 3 is 2.74 bits per heavy atom. The molecule has 1 saturated carbocycles. The Bertz CT molecular complexity index is 1020. The van der Waals surface area contributed by atoms with Crippen LogP contribution >= 0.6 is 0 Å². The lowest BCUT2D eigenvalue weighted by atomic mass is 10.2. The van der Waals surface area contributed by atoms with Gasteiger partial charge in [-0.05, 0) is 56.5 Å². The normalized spacial score (nSPS) is 13.6. The quantitative estimate of drug-likeness (QED) is 0.758. The van der Waals surface area contributed by atoms with Crippen molar-refractivity contribution >= 4 is 23.0 Å². The van der Waals surface area contributed by atoms with E-state index in [1.54, 1.807) is 15.5 Å². The highest BCUT2D eigenvalue weighted by Crippen LogP contribution is 2.22. The Labute approximate surface area is 157 Å². The molecule has 27 heavy (non-hydrogen) atoms. The van der Waals surface area contributed by atoms with Crippen LogP contribution in [0.1, 0.15) is 46.4 Å². The predicted molar refractivity (Wildman–Crippen MR) is 104 cm³/mol. The fourth-order valence-corrected chi connectivity index (χ4v) is 3.20. The number of amides is 2. The highest BCUT2D eigenvalue weighted by atomic mass is 16.2. The Kier molecular flexibility index (Phi) is 4.39. The number of carbonyl (C=O) groups excluding carboxylic acids is 2. The molecule has 3 aromatic rings. The number of carbonyl (C=O) groups is 2. The Balaban J connectivity index is 1.75. The van der Waals surface area contributed by atoms with Gasteiger partial charge in [-0.15, -0.1) is 0 Å². The summed E-state index contributed by atoms with van der Waals surface area (Å²) < 4.78 is 1.70. The van der Waals surface area contributed by atoms with Gasteiger partial charge in [-0.3, -0.25) is 14.0 Å². The molecule has 1 aliphatic carbocycles. The van der Waals surface area contributed by atoms with Crippen LogP contribution in [-0.2, 0) is 0 Å². The molecule has 1 N–H and O–H groups in total. The molecule has 4 rings (SSSR count). The van der Waals surface area contributed by atoms with Gasteiger partial charge in [-0.25, -0.2) is 4.98 Å². The molecule has 1 aliphatic rings.